The third kappa shape index (κ3) is 1.53. The molecule has 0 bridgehead atoms. The fourth-order valence-corrected chi connectivity index (χ4v) is 3.00. The van der Waals surface area contributed by atoms with Crippen molar-refractivity contribution in [3.05, 3.63) is 36.7 Å². The molecule has 0 aliphatic rings. The second kappa shape index (κ2) is 3.83. The van der Waals surface area contributed by atoms with Crippen LogP contribution in [0.25, 0.3) is 26.8 Å². The van der Waals surface area contributed by atoms with Crippen molar-refractivity contribution in [1.82, 2.24) is 14.4 Å². The molecule has 0 radical (unpaired) electrons. The number of nitrogens with zero attached hydrogens (tertiary/aromatic N) is 3. The third-order valence-corrected chi connectivity index (χ3v) is 3.88. The van der Waals surface area contributed by atoms with Crippen LogP contribution in [0.2, 0.25) is 0 Å². The van der Waals surface area contributed by atoms with E-state index in [9.17, 15) is 0 Å². The van der Waals surface area contributed by atoms with Crippen molar-refractivity contribution in [1.29, 1.82) is 0 Å². The average Bonchev–Trinajstić information content (AvgIpc) is 3.12. The van der Waals surface area contributed by atoms with Crippen LogP contribution in [-0.4, -0.2) is 21.5 Å². The molecule has 0 aliphatic heterocycles. The molecule has 0 amide bonds. The number of rotatable bonds is 2. The monoisotopic (exact) mass is 271 g/mol. The minimum atomic E-state index is 0.614. The third-order valence-electron chi connectivity index (χ3n) is 2.92. The van der Waals surface area contributed by atoms with Crippen LogP contribution < -0.4 is 4.74 Å². The summed E-state index contributed by atoms with van der Waals surface area (Å²) < 4.78 is 12.5. The maximum absolute atomic E-state index is 5.36. The number of ether oxygens (including phenoxy) is 1. The number of aromatic nitrogens is 3. The largest absolute Gasteiger partial charge is 0.481 e. The van der Waals surface area contributed by atoms with Crippen LogP contribution in [-0.2, 0) is 0 Å². The predicted molar refractivity (Wildman–Crippen MR) is 72.6 cm³/mol. The smallest absolute Gasteiger partial charge is 0.214 e. The number of pyridine rings is 1. The Morgan fingerprint density at radius 2 is 2.21 bits per heavy atom. The van der Waals surface area contributed by atoms with Gasteiger partial charge in [-0.25, -0.2) is 9.97 Å². The van der Waals surface area contributed by atoms with Gasteiger partial charge in [0, 0.05) is 12.3 Å². The summed E-state index contributed by atoms with van der Waals surface area (Å²) >= 11 is 1.53. The normalized spacial score (nSPS) is 11.4. The molecule has 0 saturated carbocycles. The summed E-state index contributed by atoms with van der Waals surface area (Å²) in [6, 6.07) is 7.59. The summed E-state index contributed by atoms with van der Waals surface area (Å²) in [5, 5.41) is 0. The summed E-state index contributed by atoms with van der Waals surface area (Å²) in [5.41, 5.74) is 1.85. The maximum atomic E-state index is 5.36. The van der Waals surface area contributed by atoms with Gasteiger partial charge >= 0.3 is 0 Å². The van der Waals surface area contributed by atoms with E-state index in [2.05, 4.69) is 9.97 Å². The topological polar surface area (TPSA) is 52.6 Å². The van der Waals surface area contributed by atoms with E-state index in [4.69, 9.17) is 9.15 Å². The molecule has 0 spiro atoms. The van der Waals surface area contributed by atoms with Crippen LogP contribution in [0, 0.1) is 0 Å². The van der Waals surface area contributed by atoms with Crippen molar-refractivity contribution in [3.8, 4) is 17.3 Å². The van der Waals surface area contributed by atoms with E-state index in [0.29, 0.717) is 5.88 Å². The number of fused-ring (bicyclic) bond motifs is 3. The molecule has 0 saturated heterocycles. The molecular formula is C13H9N3O2S. The van der Waals surface area contributed by atoms with Crippen LogP contribution in [0.4, 0.5) is 0 Å². The number of thiazole rings is 1. The summed E-state index contributed by atoms with van der Waals surface area (Å²) in [4.78, 5) is 10.8. The highest BCUT2D eigenvalue weighted by Gasteiger charge is 2.12. The molecule has 0 fully saturated rings. The second-order valence-corrected chi connectivity index (χ2v) is 4.99. The van der Waals surface area contributed by atoms with Gasteiger partial charge in [-0.1, -0.05) is 11.3 Å². The average molecular weight is 271 g/mol. The fourth-order valence-electron chi connectivity index (χ4n) is 2.03. The van der Waals surface area contributed by atoms with Crippen molar-refractivity contribution in [3.63, 3.8) is 0 Å². The molecule has 4 heterocycles. The predicted octanol–water partition coefficient (Wildman–Crippen LogP) is 3.21. The minimum absolute atomic E-state index is 0.614. The van der Waals surface area contributed by atoms with Crippen molar-refractivity contribution in [2.45, 2.75) is 0 Å². The lowest BCUT2D eigenvalue weighted by molar-refractivity contribution is 0.400. The van der Waals surface area contributed by atoms with Crippen LogP contribution in [0.15, 0.2) is 41.1 Å². The first kappa shape index (κ1) is 10.6. The lowest BCUT2D eigenvalue weighted by Gasteiger charge is -1.96. The zero-order valence-corrected chi connectivity index (χ0v) is 10.8. The molecule has 94 valence electrons. The zero-order valence-electron chi connectivity index (χ0n) is 10.0. The standard InChI is InChI=1S/C13H9N3O2S/c1-17-11-5-4-9-12(15-11)19-13-14-8(7-16(9)13)10-3-2-6-18-10/h2-7H,1H3. The van der Waals surface area contributed by atoms with Crippen molar-refractivity contribution >= 4 is 26.6 Å². The van der Waals surface area contributed by atoms with Crippen molar-refractivity contribution in [2.24, 2.45) is 0 Å². The van der Waals surface area contributed by atoms with E-state index < -0.39 is 0 Å². The van der Waals surface area contributed by atoms with Gasteiger partial charge in [-0.05, 0) is 18.2 Å². The van der Waals surface area contributed by atoms with E-state index in [1.165, 1.54) is 11.3 Å². The first-order valence-corrected chi connectivity index (χ1v) is 6.53. The Kier molecular flexibility index (Phi) is 2.13. The molecule has 0 N–H and O–H groups in total. The van der Waals surface area contributed by atoms with Gasteiger partial charge < -0.3 is 9.15 Å². The van der Waals surface area contributed by atoms with E-state index in [-0.39, 0.29) is 0 Å². The van der Waals surface area contributed by atoms with Gasteiger partial charge in [-0.15, -0.1) is 0 Å². The van der Waals surface area contributed by atoms with Gasteiger partial charge in [-0.3, -0.25) is 4.40 Å². The maximum Gasteiger partial charge on any atom is 0.214 e. The first-order valence-electron chi connectivity index (χ1n) is 5.71. The molecule has 5 nitrogen and oxygen atoms in total. The van der Waals surface area contributed by atoms with Crippen LogP contribution >= 0.6 is 11.3 Å². The van der Waals surface area contributed by atoms with Gasteiger partial charge in [0.1, 0.15) is 10.5 Å². The van der Waals surface area contributed by atoms with Crippen LogP contribution in [0.5, 0.6) is 5.88 Å². The Morgan fingerprint density at radius 3 is 3.00 bits per heavy atom. The Labute approximate surface area is 112 Å². The number of imidazole rings is 1. The van der Waals surface area contributed by atoms with Gasteiger partial charge in [0.25, 0.3) is 0 Å². The Morgan fingerprint density at radius 1 is 1.26 bits per heavy atom. The quantitative estimate of drug-likeness (QED) is 0.561. The Bertz CT molecular complexity index is 861. The molecule has 0 aromatic carbocycles. The van der Waals surface area contributed by atoms with Gasteiger partial charge in [0.2, 0.25) is 5.88 Å². The number of hydrogen-bond acceptors (Lipinski definition) is 5. The molecule has 4 rings (SSSR count). The van der Waals surface area contributed by atoms with E-state index >= 15 is 0 Å². The number of furan rings is 1. The van der Waals surface area contributed by atoms with Crippen LogP contribution in [0.3, 0.4) is 0 Å². The Hall–Kier alpha value is -2.34. The molecule has 0 atom stereocenters. The van der Waals surface area contributed by atoms with Gasteiger partial charge in [0.15, 0.2) is 10.7 Å². The molecule has 4 aromatic rings. The SMILES string of the molecule is COc1ccc2c(n1)sc1nc(-c3ccco3)cn12. The molecule has 4 aromatic heterocycles. The lowest BCUT2D eigenvalue weighted by Crippen LogP contribution is -1.86. The number of hydrogen-bond donors (Lipinski definition) is 0. The summed E-state index contributed by atoms with van der Waals surface area (Å²) in [6.07, 6.45) is 3.61. The lowest BCUT2D eigenvalue weighted by atomic mass is 10.3. The fraction of sp³-hybridized carbons (Fsp3) is 0.0769. The molecular weight excluding hydrogens is 262 g/mol. The zero-order chi connectivity index (χ0) is 12.8. The van der Waals surface area contributed by atoms with E-state index in [1.54, 1.807) is 13.4 Å². The highest BCUT2D eigenvalue weighted by Crippen LogP contribution is 2.29. The summed E-state index contributed by atoms with van der Waals surface area (Å²) in [7, 11) is 1.61. The Balaban J connectivity index is 1.96. The van der Waals surface area contributed by atoms with Crippen molar-refractivity contribution in [2.75, 3.05) is 7.11 Å². The molecule has 19 heavy (non-hydrogen) atoms. The van der Waals surface area contributed by atoms with Gasteiger partial charge in [-0.2, -0.15) is 0 Å². The summed E-state index contributed by atoms with van der Waals surface area (Å²) in [6.45, 7) is 0. The molecule has 0 aliphatic carbocycles. The van der Waals surface area contributed by atoms with E-state index in [0.717, 1.165) is 26.8 Å². The highest BCUT2D eigenvalue weighted by molar-refractivity contribution is 7.23. The number of methoxy groups -OCH3 is 1. The van der Waals surface area contributed by atoms with E-state index in [1.807, 2.05) is 34.9 Å². The highest BCUT2D eigenvalue weighted by atomic mass is 32.1. The summed E-state index contributed by atoms with van der Waals surface area (Å²) in [5.74, 6) is 1.38. The second-order valence-electron chi connectivity index (χ2n) is 4.04. The van der Waals surface area contributed by atoms with Gasteiger partial charge in [0.05, 0.1) is 18.9 Å². The molecule has 6 heteroatoms. The molecule has 0 unspecified atom stereocenters. The van der Waals surface area contributed by atoms with Crippen molar-refractivity contribution < 1.29 is 9.15 Å². The van der Waals surface area contributed by atoms with Crippen LogP contribution in [0.1, 0.15) is 0 Å². The minimum Gasteiger partial charge on any atom is -0.481 e. The first-order chi connectivity index (χ1) is 9.35.